The van der Waals surface area contributed by atoms with Crippen LogP contribution in [0.3, 0.4) is 0 Å². The summed E-state index contributed by atoms with van der Waals surface area (Å²) in [6, 6.07) is 15.6. The van der Waals surface area contributed by atoms with Crippen LogP contribution in [-0.4, -0.2) is 51.7 Å². The van der Waals surface area contributed by atoms with Gasteiger partial charge in [0.25, 0.3) is 10.0 Å². The van der Waals surface area contributed by atoms with Crippen LogP contribution in [0.1, 0.15) is 5.56 Å². The summed E-state index contributed by atoms with van der Waals surface area (Å²) in [5, 5.41) is 10.3. The third-order valence-electron chi connectivity index (χ3n) is 3.57. The molecule has 0 saturated carbocycles. The van der Waals surface area contributed by atoms with Gasteiger partial charge in [-0.1, -0.05) is 30.3 Å². The molecule has 0 saturated heterocycles. The van der Waals surface area contributed by atoms with Gasteiger partial charge < -0.3 is 10.0 Å². The third kappa shape index (κ3) is 4.56. The van der Waals surface area contributed by atoms with Gasteiger partial charge in [-0.2, -0.15) is 0 Å². The molecule has 0 unspecified atom stereocenters. The van der Waals surface area contributed by atoms with Crippen molar-refractivity contribution in [2.45, 2.75) is 17.9 Å². The Bertz CT molecular complexity index is 761. The highest BCUT2D eigenvalue weighted by Crippen LogP contribution is 2.24. The lowest BCUT2D eigenvalue weighted by Crippen LogP contribution is -2.41. The summed E-state index contributed by atoms with van der Waals surface area (Å²) in [6.07, 6.45) is -0.793. The van der Waals surface area contributed by atoms with Crippen LogP contribution < -0.4 is 4.31 Å². The van der Waals surface area contributed by atoms with Gasteiger partial charge in [0.2, 0.25) is 0 Å². The van der Waals surface area contributed by atoms with E-state index in [4.69, 9.17) is 0 Å². The van der Waals surface area contributed by atoms with E-state index in [9.17, 15) is 13.5 Å². The molecule has 0 amide bonds. The Labute approximate surface area is 144 Å². The summed E-state index contributed by atoms with van der Waals surface area (Å²) in [7, 11) is -0.0685. The van der Waals surface area contributed by atoms with Crippen molar-refractivity contribution in [3.63, 3.8) is 0 Å². The fourth-order valence-electron chi connectivity index (χ4n) is 2.52. The first-order valence-corrected chi connectivity index (χ1v) is 9.22. The van der Waals surface area contributed by atoms with Crippen molar-refractivity contribution in [3.8, 4) is 0 Å². The van der Waals surface area contributed by atoms with Crippen LogP contribution >= 0.6 is 0 Å². The average molecular weight is 348 g/mol. The van der Waals surface area contributed by atoms with E-state index >= 15 is 0 Å². The topological polar surface area (TPSA) is 60.9 Å². The summed E-state index contributed by atoms with van der Waals surface area (Å²) < 4.78 is 27.4. The van der Waals surface area contributed by atoms with E-state index < -0.39 is 16.1 Å². The zero-order valence-electron chi connectivity index (χ0n) is 14.3. The number of hydrogen-bond acceptors (Lipinski definition) is 4. The van der Waals surface area contributed by atoms with Crippen molar-refractivity contribution in [2.75, 3.05) is 31.5 Å². The molecule has 0 aliphatic heterocycles. The van der Waals surface area contributed by atoms with Crippen molar-refractivity contribution < 1.29 is 13.5 Å². The van der Waals surface area contributed by atoms with E-state index in [1.165, 1.54) is 4.31 Å². The van der Waals surface area contributed by atoms with Crippen molar-refractivity contribution in [2.24, 2.45) is 0 Å². The summed E-state index contributed by atoms with van der Waals surface area (Å²) in [5.74, 6) is 0. The van der Waals surface area contributed by atoms with Crippen molar-refractivity contribution in [1.82, 2.24) is 4.90 Å². The van der Waals surface area contributed by atoms with Crippen LogP contribution in [0.2, 0.25) is 0 Å². The molecule has 5 nitrogen and oxygen atoms in total. The summed E-state index contributed by atoms with van der Waals surface area (Å²) in [6.45, 7) is 2.29. The molecule has 6 heteroatoms. The molecule has 1 atom stereocenters. The van der Waals surface area contributed by atoms with Crippen molar-refractivity contribution >= 4 is 15.7 Å². The largest absolute Gasteiger partial charge is 0.390 e. The summed E-state index contributed by atoms with van der Waals surface area (Å²) >= 11 is 0. The second kappa shape index (κ2) is 7.79. The molecule has 0 fully saturated rings. The van der Waals surface area contributed by atoms with E-state index in [0.29, 0.717) is 12.2 Å². The van der Waals surface area contributed by atoms with Crippen molar-refractivity contribution in [3.05, 3.63) is 60.2 Å². The minimum absolute atomic E-state index is 0.00113. The Morgan fingerprint density at radius 2 is 1.67 bits per heavy atom. The van der Waals surface area contributed by atoms with Crippen LogP contribution in [0.15, 0.2) is 59.5 Å². The first-order chi connectivity index (χ1) is 11.3. The number of benzene rings is 2. The van der Waals surface area contributed by atoms with Gasteiger partial charge in [-0.15, -0.1) is 0 Å². The number of aliphatic hydroxyl groups is 1. The molecule has 0 aliphatic carbocycles. The van der Waals surface area contributed by atoms with Crippen LogP contribution in [0, 0.1) is 6.92 Å². The maximum atomic E-state index is 13.1. The van der Waals surface area contributed by atoms with Gasteiger partial charge in [-0.05, 0) is 50.8 Å². The number of aryl methyl sites for hydroxylation is 1. The van der Waals surface area contributed by atoms with Gasteiger partial charge >= 0.3 is 0 Å². The first kappa shape index (κ1) is 18.4. The molecule has 24 heavy (non-hydrogen) atoms. The second-order valence-corrected chi connectivity index (χ2v) is 7.97. The van der Waals surface area contributed by atoms with Crippen LogP contribution in [0.25, 0.3) is 0 Å². The minimum Gasteiger partial charge on any atom is -0.390 e. The number of nitrogens with zero attached hydrogens (tertiary/aromatic N) is 2. The van der Waals surface area contributed by atoms with Gasteiger partial charge in [0.1, 0.15) is 0 Å². The zero-order valence-corrected chi connectivity index (χ0v) is 15.1. The molecule has 130 valence electrons. The van der Waals surface area contributed by atoms with E-state index in [2.05, 4.69) is 0 Å². The molecule has 0 aliphatic rings. The Kier molecular flexibility index (Phi) is 5.99. The third-order valence-corrected chi connectivity index (χ3v) is 5.38. The number of aliphatic hydroxyl groups excluding tert-OH is 1. The number of sulfonamides is 1. The van der Waals surface area contributed by atoms with Crippen LogP contribution in [0.5, 0.6) is 0 Å². The van der Waals surface area contributed by atoms with E-state index in [0.717, 1.165) is 5.56 Å². The highest BCUT2D eigenvalue weighted by Gasteiger charge is 2.27. The number of rotatable bonds is 7. The molecule has 2 aromatic carbocycles. The second-order valence-electron chi connectivity index (χ2n) is 6.10. The van der Waals surface area contributed by atoms with E-state index in [1.54, 1.807) is 36.4 Å². The molecule has 0 spiro atoms. The van der Waals surface area contributed by atoms with Crippen LogP contribution in [0.4, 0.5) is 5.69 Å². The van der Waals surface area contributed by atoms with Gasteiger partial charge in [-0.3, -0.25) is 4.31 Å². The number of likely N-dealkylation sites (N-methyl/N-ethyl adjacent to an activating group) is 1. The Morgan fingerprint density at radius 1 is 1.00 bits per heavy atom. The SMILES string of the molecule is Cc1cccc(N(C[C@H](O)CN(C)C)S(=O)(=O)c2ccccc2)c1. The first-order valence-electron chi connectivity index (χ1n) is 7.78. The summed E-state index contributed by atoms with van der Waals surface area (Å²) in [4.78, 5) is 2.04. The van der Waals surface area contributed by atoms with Crippen molar-refractivity contribution in [1.29, 1.82) is 0 Å². The Balaban J connectivity index is 2.43. The molecule has 0 bridgehead atoms. The van der Waals surface area contributed by atoms with Gasteiger partial charge in [-0.25, -0.2) is 8.42 Å². The standard InChI is InChI=1S/C18H24N2O3S/c1-15-8-7-9-16(12-15)20(14-17(21)13-19(2)3)24(22,23)18-10-5-4-6-11-18/h4-12,17,21H,13-14H2,1-3H3/t17-/m1/s1. The maximum absolute atomic E-state index is 13.1. The maximum Gasteiger partial charge on any atom is 0.264 e. The van der Waals surface area contributed by atoms with Gasteiger partial charge in [0.05, 0.1) is 23.2 Å². The molecule has 0 radical (unpaired) electrons. The number of anilines is 1. The Hall–Kier alpha value is -1.89. The number of hydrogen-bond donors (Lipinski definition) is 1. The fraction of sp³-hybridized carbons (Fsp3) is 0.333. The molecule has 0 aromatic heterocycles. The van der Waals surface area contributed by atoms with Crippen LogP contribution in [-0.2, 0) is 10.0 Å². The lowest BCUT2D eigenvalue weighted by molar-refractivity contribution is 0.145. The quantitative estimate of drug-likeness (QED) is 0.832. The summed E-state index contributed by atoms with van der Waals surface area (Å²) in [5.41, 5.74) is 1.51. The minimum atomic E-state index is -3.75. The van der Waals surface area contributed by atoms with Gasteiger partial charge in [0.15, 0.2) is 0 Å². The average Bonchev–Trinajstić information content (AvgIpc) is 2.52. The molecule has 2 rings (SSSR count). The predicted molar refractivity (Wildman–Crippen MR) is 96.7 cm³/mol. The predicted octanol–water partition coefficient (Wildman–Crippen LogP) is 2.11. The molecule has 1 N–H and O–H groups in total. The van der Waals surface area contributed by atoms with E-state index in [-0.39, 0.29) is 11.4 Å². The highest BCUT2D eigenvalue weighted by atomic mass is 32.2. The molecular formula is C18H24N2O3S. The lowest BCUT2D eigenvalue weighted by Gasteiger charge is -2.28. The van der Waals surface area contributed by atoms with Gasteiger partial charge in [0, 0.05) is 6.54 Å². The monoisotopic (exact) mass is 348 g/mol. The fourth-order valence-corrected chi connectivity index (χ4v) is 4.03. The zero-order chi connectivity index (χ0) is 17.7. The lowest BCUT2D eigenvalue weighted by atomic mass is 10.2. The molecule has 0 heterocycles. The normalized spacial score (nSPS) is 13.0. The smallest absolute Gasteiger partial charge is 0.264 e. The molecule has 2 aromatic rings. The highest BCUT2D eigenvalue weighted by molar-refractivity contribution is 7.92. The van der Waals surface area contributed by atoms with E-state index in [1.807, 2.05) is 44.1 Å². The molecular weight excluding hydrogens is 324 g/mol. The Morgan fingerprint density at radius 3 is 2.25 bits per heavy atom.